The number of hydrogen-bond acceptors (Lipinski definition) is 9. The van der Waals surface area contributed by atoms with Crippen LogP contribution in [0.4, 0.5) is 13.2 Å². The lowest BCUT2D eigenvalue weighted by Crippen LogP contribution is -2.43. The van der Waals surface area contributed by atoms with Gasteiger partial charge in [0.05, 0.1) is 17.7 Å². The number of esters is 2. The van der Waals surface area contributed by atoms with E-state index in [-0.39, 0.29) is 18.1 Å². The summed E-state index contributed by atoms with van der Waals surface area (Å²) in [4.78, 5) is 59.7. The number of alkyl halides is 3. The molecule has 1 aromatic rings. The van der Waals surface area contributed by atoms with Crippen LogP contribution in [-0.2, 0) is 30.1 Å². The molecule has 0 aliphatic rings. The molecule has 0 aromatic heterocycles. The lowest BCUT2D eigenvalue weighted by Gasteiger charge is -2.18. The van der Waals surface area contributed by atoms with Crippen LogP contribution in [0, 0.1) is 0 Å². The van der Waals surface area contributed by atoms with Crippen LogP contribution >= 0.6 is 24.4 Å². The number of thioether (sulfide) groups is 1. The van der Waals surface area contributed by atoms with Gasteiger partial charge in [-0.1, -0.05) is 11.8 Å². The molecule has 0 fully saturated rings. The summed E-state index contributed by atoms with van der Waals surface area (Å²) in [5.74, 6) is -4.30. The summed E-state index contributed by atoms with van der Waals surface area (Å²) >= 11 is 4.40. The maximum absolute atomic E-state index is 13.2. The maximum Gasteiger partial charge on any atom is 0.416 e. The smallest absolute Gasteiger partial charge is 0.416 e. The van der Waals surface area contributed by atoms with Gasteiger partial charge < -0.3 is 20.1 Å². The molecular weight excluding hydrogens is 501 g/mol. The molecular formula is C20H23F3N2O7S2. The van der Waals surface area contributed by atoms with E-state index < -0.39 is 64.0 Å². The van der Waals surface area contributed by atoms with E-state index in [1.807, 2.05) is 0 Å². The third kappa shape index (κ3) is 9.25. The monoisotopic (exact) mass is 524 g/mol. The summed E-state index contributed by atoms with van der Waals surface area (Å²) in [6.45, 7) is 3.84. The second kappa shape index (κ2) is 13.2. The normalized spacial score (nSPS) is 12.8. The van der Waals surface area contributed by atoms with Crippen molar-refractivity contribution in [3.05, 3.63) is 29.3 Å². The number of halogens is 3. The Morgan fingerprint density at radius 1 is 1.03 bits per heavy atom. The van der Waals surface area contributed by atoms with Gasteiger partial charge in [-0.3, -0.25) is 14.4 Å². The summed E-state index contributed by atoms with van der Waals surface area (Å²) in [7, 11) is 0. The minimum atomic E-state index is -4.79. The van der Waals surface area contributed by atoms with Crippen LogP contribution < -0.4 is 15.4 Å². The third-order valence-electron chi connectivity index (χ3n) is 3.91. The number of amides is 2. The van der Waals surface area contributed by atoms with Crippen molar-refractivity contribution in [2.45, 2.75) is 39.0 Å². The first-order chi connectivity index (χ1) is 15.8. The Kier molecular flexibility index (Phi) is 11.4. The largest absolute Gasteiger partial charge is 0.464 e. The van der Waals surface area contributed by atoms with Crippen LogP contribution in [0.3, 0.4) is 0 Å². The number of carbonyl (C=O) groups excluding carboxylic acids is 5. The molecule has 2 atom stereocenters. The number of carbonyl (C=O) groups is 5. The predicted octanol–water partition coefficient (Wildman–Crippen LogP) is 1.99. The van der Waals surface area contributed by atoms with Crippen molar-refractivity contribution in [3.63, 3.8) is 0 Å². The first-order valence-corrected chi connectivity index (χ1v) is 11.3. The van der Waals surface area contributed by atoms with Gasteiger partial charge in [-0.15, -0.1) is 0 Å². The maximum atomic E-state index is 13.2. The summed E-state index contributed by atoms with van der Waals surface area (Å²) in [6, 6.07) is -0.538. The van der Waals surface area contributed by atoms with Gasteiger partial charge in [-0.2, -0.15) is 25.8 Å². The van der Waals surface area contributed by atoms with E-state index in [2.05, 4.69) is 23.3 Å². The molecule has 0 aliphatic carbocycles. The van der Waals surface area contributed by atoms with E-state index in [4.69, 9.17) is 9.47 Å². The van der Waals surface area contributed by atoms with Crippen LogP contribution in [0.15, 0.2) is 18.2 Å². The molecule has 188 valence electrons. The minimum Gasteiger partial charge on any atom is -0.464 e. The molecule has 2 unspecified atom stereocenters. The quantitative estimate of drug-likeness (QED) is 0.241. The second-order valence-electron chi connectivity index (χ2n) is 6.67. The number of nitrogens with one attached hydrogen (secondary N) is 2. The van der Waals surface area contributed by atoms with Crippen molar-refractivity contribution in [2.24, 2.45) is 0 Å². The van der Waals surface area contributed by atoms with Crippen molar-refractivity contribution in [3.8, 4) is 5.75 Å². The highest BCUT2D eigenvalue weighted by Crippen LogP contribution is 2.34. The zero-order valence-electron chi connectivity index (χ0n) is 18.4. The predicted molar refractivity (Wildman–Crippen MR) is 120 cm³/mol. The van der Waals surface area contributed by atoms with Crippen molar-refractivity contribution in [2.75, 3.05) is 18.1 Å². The average molecular weight is 525 g/mol. The second-order valence-corrected chi connectivity index (χ2v) is 8.03. The van der Waals surface area contributed by atoms with Gasteiger partial charge in [0.15, 0.2) is 0 Å². The Balaban J connectivity index is 3.21. The van der Waals surface area contributed by atoms with Crippen molar-refractivity contribution in [1.29, 1.82) is 0 Å². The fraction of sp³-hybridized carbons (Fsp3) is 0.450. The molecule has 0 saturated carbocycles. The fourth-order valence-corrected chi connectivity index (χ4v) is 3.55. The van der Waals surface area contributed by atoms with Gasteiger partial charge in [0.1, 0.15) is 17.8 Å². The molecule has 0 bridgehead atoms. The van der Waals surface area contributed by atoms with Gasteiger partial charge >= 0.3 is 18.1 Å². The molecule has 0 spiro atoms. The highest BCUT2D eigenvalue weighted by atomic mass is 32.2. The molecule has 9 nitrogen and oxygen atoms in total. The number of rotatable bonds is 10. The van der Waals surface area contributed by atoms with Gasteiger partial charge in [-0.25, -0.2) is 9.59 Å². The van der Waals surface area contributed by atoms with Crippen molar-refractivity contribution in [1.82, 2.24) is 10.6 Å². The Hall–Kier alpha value is -2.74. The standard InChI is InChI=1S/C20H23F3N2O7S2/c1-4-31-17(28)15(25-11(3)27)9-34-19(30)13-6-5-12(20(21,22)23)7-16(13)32-18(29)14(8-33)24-10(2)26/h5-7,14-15,33H,4,8-9H2,1-3H3,(H,24,26)(H,25,27). The first kappa shape index (κ1) is 29.3. The van der Waals surface area contributed by atoms with E-state index in [0.29, 0.717) is 23.9 Å². The Labute approximate surface area is 202 Å². The first-order valence-electron chi connectivity index (χ1n) is 9.71. The van der Waals surface area contributed by atoms with Crippen molar-refractivity contribution >= 4 is 53.3 Å². The molecule has 2 amide bonds. The molecule has 0 saturated heterocycles. The molecule has 34 heavy (non-hydrogen) atoms. The zero-order valence-corrected chi connectivity index (χ0v) is 20.1. The van der Waals surface area contributed by atoms with E-state index in [1.165, 1.54) is 0 Å². The number of ether oxygens (including phenoxy) is 2. The number of thiol groups is 1. The van der Waals surface area contributed by atoms with E-state index in [9.17, 15) is 37.1 Å². The number of hydrogen-bond donors (Lipinski definition) is 3. The molecule has 0 aliphatic heterocycles. The van der Waals surface area contributed by atoms with Gasteiger partial charge in [0, 0.05) is 25.4 Å². The average Bonchev–Trinajstić information content (AvgIpc) is 2.73. The van der Waals surface area contributed by atoms with Crippen LogP contribution in [0.2, 0.25) is 0 Å². The summed E-state index contributed by atoms with van der Waals surface area (Å²) in [5.41, 5.74) is -1.57. The van der Waals surface area contributed by atoms with Gasteiger partial charge in [-0.05, 0) is 25.1 Å². The highest BCUT2D eigenvalue weighted by molar-refractivity contribution is 8.14. The third-order valence-corrected chi connectivity index (χ3v) is 5.26. The van der Waals surface area contributed by atoms with Crippen LogP contribution in [0.1, 0.15) is 36.7 Å². The van der Waals surface area contributed by atoms with Gasteiger partial charge in [0.2, 0.25) is 16.9 Å². The van der Waals surface area contributed by atoms with Crippen molar-refractivity contribution < 1.29 is 46.6 Å². The lowest BCUT2D eigenvalue weighted by molar-refractivity contribution is -0.146. The van der Waals surface area contributed by atoms with E-state index in [0.717, 1.165) is 19.9 Å². The SMILES string of the molecule is CCOC(=O)C(CSC(=O)c1ccc(C(F)(F)F)cc1OC(=O)C(CS)NC(C)=O)NC(C)=O. The van der Waals surface area contributed by atoms with Gasteiger partial charge in [0.25, 0.3) is 0 Å². The highest BCUT2D eigenvalue weighted by Gasteiger charge is 2.33. The molecule has 2 N–H and O–H groups in total. The Morgan fingerprint density at radius 3 is 2.12 bits per heavy atom. The van der Waals surface area contributed by atoms with Crippen LogP contribution in [-0.4, -0.2) is 59.1 Å². The molecule has 1 rings (SSSR count). The van der Waals surface area contributed by atoms with E-state index in [1.54, 1.807) is 6.92 Å². The molecule has 0 heterocycles. The summed E-state index contributed by atoms with van der Waals surface area (Å²) < 4.78 is 49.4. The number of benzene rings is 1. The Morgan fingerprint density at radius 2 is 1.62 bits per heavy atom. The van der Waals surface area contributed by atoms with Crippen LogP contribution in [0.5, 0.6) is 5.75 Å². The topological polar surface area (TPSA) is 128 Å². The summed E-state index contributed by atoms with van der Waals surface area (Å²) in [6.07, 6.45) is -4.79. The minimum absolute atomic E-state index is 0.0210. The molecule has 0 radical (unpaired) electrons. The van der Waals surface area contributed by atoms with Crippen LogP contribution in [0.25, 0.3) is 0 Å². The summed E-state index contributed by atoms with van der Waals surface area (Å²) in [5, 5.41) is 3.72. The molecule has 14 heteroatoms. The molecule has 1 aromatic carbocycles. The zero-order chi connectivity index (χ0) is 26.1. The lowest BCUT2D eigenvalue weighted by atomic mass is 10.1. The fourth-order valence-electron chi connectivity index (χ4n) is 2.45. The van der Waals surface area contributed by atoms with E-state index >= 15 is 0 Å². The Bertz CT molecular complexity index is 941.